The molecule has 0 aliphatic heterocycles. The number of aromatic amines is 1. The van der Waals surface area contributed by atoms with Crippen LogP contribution in [0.3, 0.4) is 0 Å². The smallest absolute Gasteiger partial charge is 0.328 e. The van der Waals surface area contributed by atoms with Crippen molar-refractivity contribution in [1.82, 2.24) is 9.55 Å². The number of hydrogen-bond donors (Lipinski definition) is 1. The lowest BCUT2D eigenvalue weighted by atomic mass is 10.0. The van der Waals surface area contributed by atoms with E-state index in [4.69, 9.17) is 9.47 Å². The van der Waals surface area contributed by atoms with E-state index in [1.54, 1.807) is 0 Å². The van der Waals surface area contributed by atoms with E-state index in [1.807, 2.05) is 60.7 Å². The molecule has 3 aromatic rings. The van der Waals surface area contributed by atoms with E-state index >= 15 is 4.39 Å². The molecule has 0 fully saturated rings. The molecule has 158 valence electrons. The van der Waals surface area contributed by atoms with Crippen molar-refractivity contribution in [1.29, 1.82) is 0 Å². The Morgan fingerprint density at radius 3 is 1.87 bits per heavy atom. The van der Waals surface area contributed by atoms with E-state index < -0.39 is 16.9 Å². The molecule has 0 atom stereocenters. The molecule has 0 amide bonds. The van der Waals surface area contributed by atoms with Gasteiger partial charge in [-0.3, -0.25) is 9.78 Å². The lowest BCUT2D eigenvalue weighted by Crippen LogP contribution is -2.38. The Morgan fingerprint density at radius 1 is 0.833 bits per heavy atom. The predicted molar refractivity (Wildman–Crippen MR) is 112 cm³/mol. The van der Waals surface area contributed by atoms with Crippen molar-refractivity contribution in [3.05, 3.63) is 105 Å². The second kappa shape index (κ2) is 10.7. The van der Waals surface area contributed by atoms with Crippen molar-refractivity contribution in [2.24, 2.45) is 0 Å². The summed E-state index contributed by atoms with van der Waals surface area (Å²) in [6, 6.07) is 20.3. The van der Waals surface area contributed by atoms with Crippen LogP contribution < -0.4 is 11.2 Å². The topological polar surface area (TPSA) is 73.3 Å². The normalized spacial score (nSPS) is 11.5. The largest absolute Gasteiger partial charge is 0.373 e. The summed E-state index contributed by atoms with van der Waals surface area (Å²) in [4.78, 5) is 25.3. The van der Waals surface area contributed by atoms with Gasteiger partial charge in [0.15, 0.2) is 5.67 Å². The Labute approximate surface area is 173 Å². The van der Waals surface area contributed by atoms with E-state index in [0.717, 1.165) is 11.1 Å². The monoisotopic (exact) mass is 412 g/mol. The summed E-state index contributed by atoms with van der Waals surface area (Å²) in [5, 5.41) is 0. The lowest BCUT2D eigenvalue weighted by molar-refractivity contribution is -0.0594. The zero-order valence-electron chi connectivity index (χ0n) is 16.6. The number of halogens is 1. The molecule has 0 radical (unpaired) electrons. The van der Waals surface area contributed by atoms with E-state index in [1.165, 1.54) is 16.8 Å². The predicted octanol–water partition coefficient (Wildman–Crippen LogP) is 3.07. The zero-order chi connectivity index (χ0) is 21.2. The molecule has 0 saturated heterocycles. The summed E-state index contributed by atoms with van der Waals surface area (Å²) < 4.78 is 28.2. The Bertz CT molecular complexity index is 973. The van der Waals surface area contributed by atoms with Gasteiger partial charge in [-0.05, 0) is 11.1 Å². The van der Waals surface area contributed by atoms with Gasteiger partial charge in [-0.25, -0.2) is 9.18 Å². The number of rotatable bonds is 11. The van der Waals surface area contributed by atoms with Crippen molar-refractivity contribution in [2.75, 3.05) is 13.2 Å². The van der Waals surface area contributed by atoms with E-state index in [0.29, 0.717) is 0 Å². The van der Waals surface area contributed by atoms with Crippen LogP contribution in [0.15, 0.2) is 82.5 Å². The van der Waals surface area contributed by atoms with Crippen LogP contribution in [-0.2, 0) is 29.2 Å². The van der Waals surface area contributed by atoms with Crippen LogP contribution in [0.1, 0.15) is 17.5 Å². The maximum atomic E-state index is 15.7. The number of aryl methyl sites for hydroxylation is 1. The van der Waals surface area contributed by atoms with Gasteiger partial charge in [0.05, 0.1) is 26.4 Å². The van der Waals surface area contributed by atoms with Crippen molar-refractivity contribution < 1.29 is 13.9 Å². The minimum absolute atomic E-state index is 0.00251. The molecular weight excluding hydrogens is 387 g/mol. The van der Waals surface area contributed by atoms with E-state index in [-0.39, 0.29) is 39.4 Å². The number of nitrogens with one attached hydrogen (secondary N) is 1. The number of hydrogen-bond acceptors (Lipinski definition) is 4. The van der Waals surface area contributed by atoms with Gasteiger partial charge in [0.1, 0.15) is 0 Å². The molecule has 0 unspecified atom stereocenters. The Hall–Kier alpha value is -3.03. The highest BCUT2D eigenvalue weighted by atomic mass is 19.1. The third-order valence-electron chi connectivity index (χ3n) is 4.64. The minimum atomic E-state index is -1.79. The second-order valence-electron chi connectivity index (χ2n) is 7.16. The quantitative estimate of drug-likeness (QED) is 0.525. The molecule has 0 bridgehead atoms. The molecule has 0 spiro atoms. The Kier molecular flexibility index (Phi) is 7.70. The fourth-order valence-corrected chi connectivity index (χ4v) is 2.98. The van der Waals surface area contributed by atoms with Gasteiger partial charge in [-0.2, -0.15) is 0 Å². The van der Waals surface area contributed by atoms with E-state index in [2.05, 4.69) is 4.98 Å². The molecule has 0 aliphatic carbocycles. The van der Waals surface area contributed by atoms with Crippen molar-refractivity contribution in [2.45, 2.75) is 31.8 Å². The summed E-state index contributed by atoms with van der Waals surface area (Å²) >= 11 is 0. The molecule has 7 heteroatoms. The molecule has 1 N–H and O–H groups in total. The summed E-state index contributed by atoms with van der Waals surface area (Å²) in [5.74, 6) is 0. The van der Waals surface area contributed by atoms with E-state index in [9.17, 15) is 9.59 Å². The van der Waals surface area contributed by atoms with Gasteiger partial charge in [0.2, 0.25) is 0 Å². The third-order valence-corrected chi connectivity index (χ3v) is 4.64. The number of nitrogens with zero attached hydrogens (tertiary/aromatic N) is 1. The summed E-state index contributed by atoms with van der Waals surface area (Å²) in [5.41, 5.74) is -0.955. The molecular formula is C23H25FN2O4. The van der Waals surface area contributed by atoms with Crippen LogP contribution in [0.5, 0.6) is 0 Å². The van der Waals surface area contributed by atoms with Crippen LogP contribution in [0.4, 0.5) is 4.39 Å². The first-order valence-electron chi connectivity index (χ1n) is 9.76. The van der Waals surface area contributed by atoms with Gasteiger partial charge in [0.25, 0.3) is 5.56 Å². The van der Waals surface area contributed by atoms with Gasteiger partial charge in [-0.15, -0.1) is 0 Å². The number of ether oxygens (including phenoxy) is 2. The summed E-state index contributed by atoms with van der Waals surface area (Å²) in [6.07, 6.45) is 1.36. The lowest BCUT2D eigenvalue weighted by Gasteiger charge is -2.25. The van der Waals surface area contributed by atoms with Gasteiger partial charge in [0, 0.05) is 25.2 Å². The number of H-pyrrole nitrogens is 1. The molecule has 2 aromatic carbocycles. The maximum absolute atomic E-state index is 15.7. The van der Waals surface area contributed by atoms with Gasteiger partial charge >= 0.3 is 5.69 Å². The SMILES string of the molecule is O=c1ccn(CCC(F)(COCc2ccccc2)COCc2ccccc2)c(=O)[nH]1. The fraction of sp³-hybridized carbons (Fsp3) is 0.304. The minimum Gasteiger partial charge on any atom is -0.373 e. The number of alkyl halides is 1. The first-order chi connectivity index (χ1) is 14.5. The van der Waals surface area contributed by atoms with Crippen LogP contribution in [0, 0.1) is 0 Å². The molecule has 6 nitrogen and oxygen atoms in total. The standard InChI is InChI=1S/C23H25FN2O4/c24-23(17-29-15-19-7-3-1-4-8-19,18-30-16-20-9-5-2-6-10-20)12-14-26-13-11-21(27)25-22(26)28/h1-11,13H,12,14-18H2,(H,25,27,28). The van der Waals surface area contributed by atoms with Crippen LogP contribution in [-0.4, -0.2) is 28.4 Å². The molecule has 3 rings (SSSR count). The molecule has 0 saturated carbocycles. The third kappa shape index (κ3) is 6.79. The average Bonchev–Trinajstić information content (AvgIpc) is 2.75. The number of aromatic nitrogens is 2. The molecule has 1 heterocycles. The van der Waals surface area contributed by atoms with Crippen LogP contribution >= 0.6 is 0 Å². The fourth-order valence-electron chi connectivity index (χ4n) is 2.98. The zero-order valence-corrected chi connectivity index (χ0v) is 16.6. The Morgan fingerprint density at radius 2 is 1.37 bits per heavy atom. The first-order valence-corrected chi connectivity index (χ1v) is 9.76. The molecule has 0 aliphatic rings. The highest BCUT2D eigenvalue weighted by Gasteiger charge is 2.31. The van der Waals surface area contributed by atoms with Gasteiger partial charge < -0.3 is 14.0 Å². The molecule has 1 aromatic heterocycles. The summed E-state index contributed by atoms with van der Waals surface area (Å²) in [6.45, 7) is 0.312. The van der Waals surface area contributed by atoms with Crippen LogP contribution in [0.25, 0.3) is 0 Å². The maximum Gasteiger partial charge on any atom is 0.328 e. The van der Waals surface area contributed by atoms with Crippen molar-refractivity contribution in [3.8, 4) is 0 Å². The van der Waals surface area contributed by atoms with Crippen molar-refractivity contribution in [3.63, 3.8) is 0 Å². The van der Waals surface area contributed by atoms with Crippen molar-refractivity contribution >= 4 is 0 Å². The van der Waals surface area contributed by atoms with Gasteiger partial charge in [-0.1, -0.05) is 60.7 Å². The second-order valence-corrected chi connectivity index (χ2v) is 7.16. The summed E-state index contributed by atoms with van der Waals surface area (Å²) in [7, 11) is 0. The Balaban J connectivity index is 1.61. The highest BCUT2D eigenvalue weighted by molar-refractivity contribution is 5.14. The molecule has 30 heavy (non-hydrogen) atoms. The number of benzene rings is 2. The average molecular weight is 412 g/mol. The first kappa shape index (κ1) is 21.7. The highest BCUT2D eigenvalue weighted by Crippen LogP contribution is 2.20. The van der Waals surface area contributed by atoms with Crippen LogP contribution in [0.2, 0.25) is 0 Å².